The highest BCUT2D eigenvalue weighted by atomic mass is 19.1. The van der Waals surface area contributed by atoms with Crippen LogP contribution in [0.3, 0.4) is 0 Å². The van der Waals surface area contributed by atoms with Crippen LogP contribution in [0.2, 0.25) is 0 Å². The first-order chi connectivity index (χ1) is 7.45. The first kappa shape index (κ1) is 13.1. The number of aromatic nitrogens is 1. The summed E-state index contributed by atoms with van der Waals surface area (Å²) in [5.41, 5.74) is -0.445. The lowest BCUT2D eigenvalue weighted by atomic mass is 9.86. The minimum Gasteiger partial charge on any atom is -0.385 e. The standard InChI is InChI=1S/C13H20FNO/c1-4-5-10(2)7-13(3,16)11-6-12(14)9-15-8-11/h6,8-10,16H,4-5,7H2,1-3H3. The van der Waals surface area contributed by atoms with Gasteiger partial charge < -0.3 is 5.11 Å². The second-order valence-electron chi connectivity index (χ2n) is 4.76. The second-order valence-corrected chi connectivity index (χ2v) is 4.76. The van der Waals surface area contributed by atoms with Gasteiger partial charge in [-0.25, -0.2) is 4.39 Å². The van der Waals surface area contributed by atoms with E-state index in [1.165, 1.54) is 12.3 Å². The van der Waals surface area contributed by atoms with Crippen molar-refractivity contribution in [1.29, 1.82) is 0 Å². The first-order valence-electron chi connectivity index (χ1n) is 5.79. The van der Waals surface area contributed by atoms with Crippen molar-refractivity contribution in [1.82, 2.24) is 4.98 Å². The molecule has 2 atom stereocenters. The lowest BCUT2D eigenvalue weighted by Crippen LogP contribution is -2.24. The van der Waals surface area contributed by atoms with E-state index in [9.17, 15) is 9.50 Å². The molecule has 2 nitrogen and oxygen atoms in total. The largest absolute Gasteiger partial charge is 0.385 e. The summed E-state index contributed by atoms with van der Waals surface area (Å²) in [6.45, 7) is 5.94. The molecule has 1 heterocycles. The Morgan fingerprint density at radius 3 is 2.75 bits per heavy atom. The van der Waals surface area contributed by atoms with Crippen LogP contribution in [0.4, 0.5) is 4.39 Å². The number of hydrogen-bond acceptors (Lipinski definition) is 2. The summed E-state index contributed by atoms with van der Waals surface area (Å²) < 4.78 is 13.0. The molecule has 0 radical (unpaired) electrons. The zero-order chi connectivity index (χ0) is 12.2. The van der Waals surface area contributed by atoms with E-state index in [0.717, 1.165) is 19.0 Å². The molecular formula is C13H20FNO. The van der Waals surface area contributed by atoms with E-state index >= 15 is 0 Å². The fraction of sp³-hybridized carbons (Fsp3) is 0.615. The highest BCUT2D eigenvalue weighted by molar-refractivity contribution is 5.17. The summed E-state index contributed by atoms with van der Waals surface area (Å²) >= 11 is 0. The van der Waals surface area contributed by atoms with Crippen LogP contribution in [0.5, 0.6) is 0 Å². The molecule has 0 bridgehead atoms. The summed E-state index contributed by atoms with van der Waals surface area (Å²) in [5, 5.41) is 10.3. The fourth-order valence-corrected chi connectivity index (χ4v) is 2.10. The molecule has 3 heteroatoms. The smallest absolute Gasteiger partial charge is 0.141 e. The van der Waals surface area contributed by atoms with Gasteiger partial charge in [0.15, 0.2) is 0 Å². The highest BCUT2D eigenvalue weighted by Crippen LogP contribution is 2.29. The molecule has 1 aromatic rings. The zero-order valence-electron chi connectivity index (χ0n) is 10.2. The van der Waals surface area contributed by atoms with E-state index in [4.69, 9.17) is 0 Å². The first-order valence-corrected chi connectivity index (χ1v) is 5.79. The van der Waals surface area contributed by atoms with Gasteiger partial charge in [-0.3, -0.25) is 4.98 Å². The molecule has 1 aromatic heterocycles. The Kier molecular flexibility index (Phi) is 4.42. The number of aliphatic hydroxyl groups is 1. The Labute approximate surface area is 96.5 Å². The van der Waals surface area contributed by atoms with Crippen LogP contribution < -0.4 is 0 Å². The van der Waals surface area contributed by atoms with E-state index in [0.29, 0.717) is 17.9 Å². The van der Waals surface area contributed by atoms with Gasteiger partial charge in [0.2, 0.25) is 0 Å². The molecule has 0 amide bonds. The second kappa shape index (κ2) is 5.39. The van der Waals surface area contributed by atoms with Gasteiger partial charge in [0.25, 0.3) is 0 Å². The third-order valence-electron chi connectivity index (χ3n) is 2.85. The van der Waals surface area contributed by atoms with Crippen molar-refractivity contribution >= 4 is 0 Å². The van der Waals surface area contributed by atoms with E-state index in [1.54, 1.807) is 6.92 Å². The summed E-state index contributed by atoms with van der Waals surface area (Å²) in [4.78, 5) is 3.77. The van der Waals surface area contributed by atoms with Crippen molar-refractivity contribution in [3.8, 4) is 0 Å². The van der Waals surface area contributed by atoms with Crippen LogP contribution in [0, 0.1) is 11.7 Å². The van der Waals surface area contributed by atoms with E-state index in [-0.39, 0.29) is 0 Å². The molecule has 16 heavy (non-hydrogen) atoms. The molecular weight excluding hydrogens is 205 g/mol. The lowest BCUT2D eigenvalue weighted by Gasteiger charge is -2.26. The predicted molar refractivity (Wildman–Crippen MR) is 62.5 cm³/mol. The maximum Gasteiger partial charge on any atom is 0.141 e. The zero-order valence-corrected chi connectivity index (χ0v) is 10.2. The van der Waals surface area contributed by atoms with Gasteiger partial charge in [-0.15, -0.1) is 0 Å². The summed E-state index contributed by atoms with van der Waals surface area (Å²) in [5.74, 6) is 0.0178. The van der Waals surface area contributed by atoms with Gasteiger partial charge in [0, 0.05) is 11.8 Å². The lowest BCUT2D eigenvalue weighted by molar-refractivity contribution is 0.0305. The maximum atomic E-state index is 13.0. The summed E-state index contributed by atoms with van der Waals surface area (Å²) in [6.07, 6.45) is 5.47. The van der Waals surface area contributed by atoms with E-state index in [1.807, 2.05) is 0 Å². The Bertz CT molecular complexity index is 338. The van der Waals surface area contributed by atoms with Gasteiger partial charge in [-0.05, 0) is 25.3 Å². The minimum atomic E-state index is -0.996. The van der Waals surface area contributed by atoms with Crippen molar-refractivity contribution < 1.29 is 9.50 Å². The van der Waals surface area contributed by atoms with Crippen LogP contribution in [0.15, 0.2) is 18.5 Å². The number of halogens is 1. The Morgan fingerprint density at radius 2 is 2.19 bits per heavy atom. The minimum absolute atomic E-state index is 0.402. The predicted octanol–water partition coefficient (Wildman–Crippen LogP) is 3.25. The topological polar surface area (TPSA) is 33.1 Å². The molecule has 2 unspecified atom stereocenters. The average molecular weight is 225 g/mol. The Morgan fingerprint density at radius 1 is 1.50 bits per heavy atom. The highest BCUT2D eigenvalue weighted by Gasteiger charge is 2.26. The molecule has 0 saturated heterocycles. The molecule has 0 saturated carbocycles. The van der Waals surface area contributed by atoms with Gasteiger partial charge >= 0.3 is 0 Å². The fourth-order valence-electron chi connectivity index (χ4n) is 2.10. The molecule has 0 fully saturated rings. The van der Waals surface area contributed by atoms with Gasteiger partial charge in [-0.1, -0.05) is 26.7 Å². The maximum absolute atomic E-state index is 13.0. The molecule has 0 aliphatic carbocycles. The van der Waals surface area contributed by atoms with Crippen LogP contribution in [-0.2, 0) is 5.60 Å². The monoisotopic (exact) mass is 225 g/mol. The third kappa shape index (κ3) is 3.56. The van der Waals surface area contributed by atoms with Gasteiger partial charge in [-0.2, -0.15) is 0 Å². The number of rotatable bonds is 5. The van der Waals surface area contributed by atoms with Crippen LogP contribution in [0.1, 0.15) is 45.6 Å². The quantitative estimate of drug-likeness (QED) is 0.834. The number of nitrogens with zero attached hydrogens (tertiary/aromatic N) is 1. The van der Waals surface area contributed by atoms with Crippen molar-refractivity contribution in [3.05, 3.63) is 29.8 Å². The van der Waals surface area contributed by atoms with Crippen molar-refractivity contribution in [2.24, 2.45) is 5.92 Å². The SMILES string of the molecule is CCCC(C)CC(C)(O)c1cncc(F)c1. The number of hydrogen-bond donors (Lipinski definition) is 1. The molecule has 0 aliphatic rings. The summed E-state index contributed by atoms with van der Waals surface area (Å²) in [7, 11) is 0. The molecule has 1 rings (SSSR count). The molecule has 90 valence electrons. The Balaban J connectivity index is 2.76. The molecule has 0 aliphatic heterocycles. The number of pyridine rings is 1. The van der Waals surface area contributed by atoms with Crippen molar-refractivity contribution in [3.63, 3.8) is 0 Å². The molecule has 0 aromatic carbocycles. The normalized spacial score (nSPS) is 16.8. The van der Waals surface area contributed by atoms with E-state index < -0.39 is 11.4 Å². The van der Waals surface area contributed by atoms with Gasteiger partial charge in [0.1, 0.15) is 5.82 Å². The van der Waals surface area contributed by atoms with Crippen molar-refractivity contribution in [2.75, 3.05) is 0 Å². The third-order valence-corrected chi connectivity index (χ3v) is 2.85. The van der Waals surface area contributed by atoms with Crippen LogP contribution in [0.25, 0.3) is 0 Å². The van der Waals surface area contributed by atoms with E-state index in [2.05, 4.69) is 18.8 Å². The van der Waals surface area contributed by atoms with Gasteiger partial charge in [0.05, 0.1) is 11.8 Å². The van der Waals surface area contributed by atoms with Crippen LogP contribution in [-0.4, -0.2) is 10.1 Å². The Hall–Kier alpha value is -0.960. The van der Waals surface area contributed by atoms with Crippen LogP contribution >= 0.6 is 0 Å². The van der Waals surface area contributed by atoms with Crippen molar-refractivity contribution in [2.45, 2.75) is 45.6 Å². The summed E-state index contributed by atoms with van der Waals surface area (Å²) in [6, 6.07) is 1.35. The molecule has 0 spiro atoms. The average Bonchev–Trinajstić information content (AvgIpc) is 2.17. The molecule has 1 N–H and O–H groups in total.